The van der Waals surface area contributed by atoms with Crippen molar-refractivity contribution in [2.24, 2.45) is 10.9 Å². The molecule has 1 fully saturated rings. The Bertz CT molecular complexity index is 311. The molecule has 1 rings (SSSR count). The Balaban J connectivity index is 2.63. The average Bonchev–Trinajstić information content (AvgIpc) is 3.12. The van der Waals surface area contributed by atoms with Gasteiger partial charge in [-0.25, -0.2) is 0 Å². The number of hydrogen-bond acceptors (Lipinski definition) is 4. The average molecular weight is 243 g/mol. The van der Waals surface area contributed by atoms with Crippen molar-refractivity contribution in [3.63, 3.8) is 0 Å². The number of amidine groups is 1. The molecule has 1 aliphatic carbocycles. The van der Waals surface area contributed by atoms with Crippen molar-refractivity contribution in [3.8, 4) is 0 Å². The maximum atomic E-state index is 12.2. The van der Waals surface area contributed by atoms with E-state index in [0.29, 0.717) is 13.0 Å². The normalized spacial score (nSPS) is 17.0. The van der Waals surface area contributed by atoms with Crippen LogP contribution in [-0.2, 0) is 9.53 Å². The third-order valence-corrected chi connectivity index (χ3v) is 3.01. The van der Waals surface area contributed by atoms with E-state index >= 15 is 0 Å². The molecule has 3 N–H and O–H groups in total. The van der Waals surface area contributed by atoms with Crippen molar-refractivity contribution in [1.82, 2.24) is 4.90 Å². The molecule has 0 unspecified atom stereocenters. The molecule has 6 heteroatoms. The molecule has 98 valence electrons. The van der Waals surface area contributed by atoms with Crippen molar-refractivity contribution < 1.29 is 14.7 Å². The summed E-state index contributed by atoms with van der Waals surface area (Å²) in [5.41, 5.74) is 4.59. The summed E-state index contributed by atoms with van der Waals surface area (Å²) in [6.07, 6.45) is 2.40. The Morgan fingerprint density at radius 1 is 1.59 bits per heavy atom. The number of ether oxygens (including phenoxy) is 1. The first kappa shape index (κ1) is 13.8. The molecule has 0 saturated heterocycles. The monoisotopic (exact) mass is 243 g/mol. The molecule has 1 amide bonds. The Hall–Kier alpha value is -1.30. The van der Waals surface area contributed by atoms with Gasteiger partial charge in [0.15, 0.2) is 0 Å². The van der Waals surface area contributed by atoms with E-state index in [1.807, 2.05) is 0 Å². The zero-order valence-electron chi connectivity index (χ0n) is 10.6. The number of carbonyl (C=O) groups excluding carboxylic acids is 1. The predicted octanol–water partition coefficient (Wildman–Crippen LogP) is 0.539. The second-order valence-electron chi connectivity index (χ2n) is 4.79. The maximum absolute atomic E-state index is 12.2. The maximum Gasteiger partial charge on any atom is 0.254 e. The summed E-state index contributed by atoms with van der Waals surface area (Å²) in [5, 5.41) is 11.4. The molecule has 0 aromatic heterocycles. The summed E-state index contributed by atoms with van der Waals surface area (Å²) in [6.45, 7) is 3.95. The van der Waals surface area contributed by atoms with Gasteiger partial charge < -0.3 is 20.6 Å². The zero-order chi connectivity index (χ0) is 13.1. The van der Waals surface area contributed by atoms with Crippen molar-refractivity contribution >= 4 is 11.7 Å². The van der Waals surface area contributed by atoms with Gasteiger partial charge in [0, 0.05) is 26.1 Å². The molecule has 6 nitrogen and oxygen atoms in total. The minimum Gasteiger partial charge on any atom is -0.409 e. The SMILES string of the molecule is COC(C)(C)C(=O)N(CCC(N)=NO)C1CC1. The lowest BCUT2D eigenvalue weighted by molar-refractivity contribution is -0.151. The molecule has 0 radical (unpaired) electrons. The number of hydrogen-bond donors (Lipinski definition) is 2. The lowest BCUT2D eigenvalue weighted by Gasteiger charge is -2.31. The number of methoxy groups -OCH3 is 1. The second kappa shape index (κ2) is 5.35. The topological polar surface area (TPSA) is 88.2 Å². The highest BCUT2D eigenvalue weighted by Gasteiger charge is 2.39. The van der Waals surface area contributed by atoms with Crippen LogP contribution < -0.4 is 5.73 Å². The van der Waals surface area contributed by atoms with E-state index < -0.39 is 5.60 Å². The molecule has 0 heterocycles. The number of nitrogens with zero attached hydrogens (tertiary/aromatic N) is 2. The fraction of sp³-hybridized carbons (Fsp3) is 0.818. The van der Waals surface area contributed by atoms with Crippen LogP contribution in [0.5, 0.6) is 0 Å². The number of nitrogens with two attached hydrogens (primary N) is 1. The van der Waals surface area contributed by atoms with Gasteiger partial charge >= 0.3 is 0 Å². The Morgan fingerprint density at radius 2 is 2.18 bits per heavy atom. The standard InChI is InChI=1S/C11H21N3O3/c1-11(2,17-3)10(15)14(8-4-5-8)7-6-9(12)13-16/h8,16H,4-7H2,1-3H3,(H2,12,13). The third-order valence-electron chi connectivity index (χ3n) is 3.01. The summed E-state index contributed by atoms with van der Waals surface area (Å²) < 4.78 is 5.19. The van der Waals surface area contributed by atoms with Gasteiger partial charge in [0.25, 0.3) is 5.91 Å². The van der Waals surface area contributed by atoms with Crippen LogP contribution in [0.15, 0.2) is 5.16 Å². The number of rotatable bonds is 6. The summed E-state index contributed by atoms with van der Waals surface area (Å²) in [4.78, 5) is 14.0. The van der Waals surface area contributed by atoms with Gasteiger partial charge in [-0.1, -0.05) is 5.16 Å². The van der Waals surface area contributed by atoms with Gasteiger partial charge in [0.2, 0.25) is 0 Å². The van der Waals surface area contributed by atoms with Gasteiger partial charge in [-0.3, -0.25) is 4.79 Å². The molecule has 17 heavy (non-hydrogen) atoms. The van der Waals surface area contributed by atoms with E-state index in [1.165, 1.54) is 7.11 Å². The lowest BCUT2D eigenvalue weighted by atomic mass is 10.1. The van der Waals surface area contributed by atoms with Crippen molar-refractivity contribution in [3.05, 3.63) is 0 Å². The Kier molecular flexibility index (Phi) is 4.34. The number of amides is 1. The summed E-state index contributed by atoms with van der Waals surface area (Å²) in [7, 11) is 1.52. The van der Waals surface area contributed by atoms with Gasteiger partial charge in [-0.05, 0) is 26.7 Å². The molecule has 0 aliphatic heterocycles. The molecule has 0 atom stereocenters. The van der Waals surface area contributed by atoms with Gasteiger partial charge in [-0.15, -0.1) is 0 Å². The van der Waals surface area contributed by atoms with Crippen LogP contribution in [0, 0.1) is 0 Å². The molecule has 0 aromatic rings. The van der Waals surface area contributed by atoms with Gasteiger partial charge in [-0.2, -0.15) is 0 Å². The van der Waals surface area contributed by atoms with Crippen LogP contribution in [0.1, 0.15) is 33.1 Å². The van der Waals surface area contributed by atoms with E-state index in [4.69, 9.17) is 15.7 Å². The fourth-order valence-electron chi connectivity index (χ4n) is 1.55. The molecule has 1 saturated carbocycles. The lowest BCUT2D eigenvalue weighted by Crippen LogP contribution is -2.48. The first-order valence-electron chi connectivity index (χ1n) is 5.75. The van der Waals surface area contributed by atoms with E-state index in [2.05, 4.69) is 5.16 Å². The summed E-state index contributed by atoms with van der Waals surface area (Å²) in [5.74, 6) is 0.0897. The van der Waals surface area contributed by atoms with Crippen molar-refractivity contribution in [2.45, 2.75) is 44.8 Å². The third kappa shape index (κ3) is 3.59. The van der Waals surface area contributed by atoms with Crippen LogP contribution >= 0.6 is 0 Å². The molecule has 0 bridgehead atoms. The predicted molar refractivity (Wildman–Crippen MR) is 63.8 cm³/mol. The van der Waals surface area contributed by atoms with Crippen LogP contribution in [0.25, 0.3) is 0 Å². The highest BCUT2D eigenvalue weighted by Crippen LogP contribution is 2.29. The minimum atomic E-state index is -0.826. The Labute approximate surface area is 101 Å². The molecular weight excluding hydrogens is 222 g/mol. The second-order valence-corrected chi connectivity index (χ2v) is 4.79. The van der Waals surface area contributed by atoms with Crippen LogP contribution in [-0.4, -0.2) is 47.1 Å². The number of oxime groups is 1. The van der Waals surface area contributed by atoms with Crippen LogP contribution in [0.3, 0.4) is 0 Å². The van der Waals surface area contributed by atoms with E-state index in [9.17, 15) is 4.79 Å². The zero-order valence-corrected chi connectivity index (χ0v) is 10.6. The van der Waals surface area contributed by atoms with Gasteiger partial charge in [0.05, 0.1) is 0 Å². The molecular formula is C11H21N3O3. The van der Waals surface area contributed by atoms with E-state index in [1.54, 1.807) is 18.7 Å². The highest BCUT2D eigenvalue weighted by atomic mass is 16.5. The smallest absolute Gasteiger partial charge is 0.254 e. The van der Waals surface area contributed by atoms with Crippen LogP contribution in [0.4, 0.5) is 0 Å². The van der Waals surface area contributed by atoms with Crippen molar-refractivity contribution in [2.75, 3.05) is 13.7 Å². The van der Waals surface area contributed by atoms with Gasteiger partial charge in [0.1, 0.15) is 11.4 Å². The Morgan fingerprint density at radius 3 is 2.59 bits per heavy atom. The molecule has 0 aromatic carbocycles. The van der Waals surface area contributed by atoms with E-state index in [0.717, 1.165) is 12.8 Å². The first-order chi connectivity index (χ1) is 7.92. The molecule has 0 spiro atoms. The quantitative estimate of drug-likeness (QED) is 0.308. The fourth-order valence-corrected chi connectivity index (χ4v) is 1.55. The van der Waals surface area contributed by atoms with Crippen LogP contribution in [0.2, 0.25) is 0 Å². The largest absolute Gasteiger partial charge is 0.409 e. The summed E-state index contributed by atoms with van der Waals surface area (Å²) in [6, 6.07) is 0.281. The first-order valence-corrected chi connectivity index (χ1v) is 5.75. The highest BCUT2D eigenvalue weighted by molar-refractivity contribution is 5.86. The van der Waals surface area contributed by atoms with E-state index in [-0.39, 0.29) is 17.8 Å². The number of carbonyl (C=O) groups is 1. The van der Waals surface area contributed by atoms with Crippen molar-refractivity contribution in [1.29, 1.82) is 0 Å². The molecule has 1 aliphatic rings. The summed E-state index contributed by atoms with van der Waals surface area (Å²) >= 11 is 0. The minimum absolute atomic E-state index is 0.0479.